The molecule has 0 radical (unpaired) electrons. The lowest BCUT2D eigenvalue weighted by atomic mass is 9.86. The first-order valence-corrected chi connectivity index (χ1v) is 9.01. The summed E-state index contributed by atoms with van der Waals surface area (Å²) in [6.45, 7) is 7.95. The Balaban J connectivity index is 2.57. The van der Waals surface area contributed by atoms with E-state index in [4.69, 9.17) is 5.11 Å². The Morgan fingerprint density at radius 3 is 2.33 bits per heavy atom. The molecule has 0 spiro atoms. The maximum atomic E-state index is 12.7. The Kier molecular flexibility index (Phi) is 4.29. The monoisotopic (exact) mass is 324 g/mol. The van der Waals surface area contributed by atoms with E-state index in [1.807, 2.05) is 13.0 Å². The zero-order valence-electron chi connectivity index (χ0n) is 12.7. The van der Waals surface area contributed by atoms with E-state index in [2.05, 4.69) is 20.8 Å². The Hall–Kier alpha value is -1.17. The molecule has 0 aliphatic rings. The Bertz CT molecular complexity index is 750. The van der Waals surface area contributed by atoms with E-state index in [0.29, 0.717) is 9.77 Å². The van der Waals surface area contributed by atoms with E-state index in [1.165, 1.54) is 0 Å². The van der Waals surface area contributed by atoms with Gasteiger partial charge in [-0.15, -0.1) is 11.3 Å². The SMILES string of the molecule is Cc1cc(C(C)(C)C)cc(S(=O)(=O)c2ccc(CO)s2)c1. The number of benzene rings is 1. The molecule has 1 aromatic heterocycles. The average Bonchev–Trinajstić information content (AvgIpc) is 2.86. The van der Waals surface area contributed by atoms with Crippen molar-refractivity contribution in [3.63, 3.8) is 0 Å². The van der Waals surface area contributed by atoms with Gasteiger partial charge >= 0.3 is 0 Å². The molecule has 5 heteroatoms. The predicted octanol–water partition coefficient (Wildman–Crippen LogP) is 3.68. The molecule has 21 heavy (non-hydrogen) atoms. The summed E-state index contributed by atoms with van der Waals surface area (Å²) in [6, 6.07) is 8.68. The molecule has 0 saturated carbocycles. The standard InChI is InChI=1S/C16H20O3S2/c1-11-7-12(16(2,3)4)9-14(8-11)21(18,19)15-6-5-13(10-17)20-15/h5-9,17H,10H2,1-4H3. The van der Waals surface area contributed by atoms with Crippen LogP contribution < -0.4 is 0 Å². The molecule has 0 unspecified atom stereocenters. The number of aryl methyl sites for hydroxylation is 1. The van der Waals surface area contributed by atoms with Crippen molar-refractivity contribution < 1.29 is 13.5 Å². The van der Waals surface area contributed by atoms with Crippen LogP contribution in [0, 0.1) is 6.92 Å². The highest BCUT2D eigenvalue weighted by Gasteiger charge is 2.23. The van der Waals surface area contributed by atoms with Gasteiger partial charge in [-0.1, -0.05) is 26.8 Å². The zero-order valence-corrected chi connectivity index (χ0v) is 14.3. The summed E-state index contributed by atoms with van der Waals surface area (Å²) < 4.78 is 25.7. The highest BCUT2D eigenvalue weighted by Crippen LogP contribution is 2.31. The van der Waals surface area contributed by atoms with Crippen molar-refractivity contribution in [2.75, 3.05) is 0 Å². The third-order valence-corrected chi connectivity index (χ3v) is 6.58. The molecular weight excluding hydrogens is 304 g/mol. The van der Waals surface area contributed by atoms with Crippen LogP contribution >= 0.6 is 11.3 Å². The highest BCUT2D eigenvalue weighted by molar-refractivity contribution is 7.93. The molecule has 0 bridgehead atoms. The van der Waals surface area contributed by atoms with Crippen LogP contribution in [-0.4, -0.2) is 13.5 Å². The summed E-state index contributed by atoms with van der Waals surface area (Å²) in [4.78, 5) is 0.969. The zero-order chi connectivity index (χ0) is 15.8. The normalized spacial score (nSPS) is 12.6. The van der Waals surface area contributed by atoms with E-state index in [1.54, 1.807) is 24.3 Å². The van der Waals surface area contributed by atoms with Gasteiger partial charge in [-0.3, -0.25) is 0 Å². The average molecular weight is 324 g/mol. The van der Waals surface area contributed by atoms with Crippen LogP contribution in [0.4, 0.5) is 0 Å². The summed E-state index contributed by atoms with van der Waals surface area (Å²) >= 11 is 1.12. The fourth-order valence-corrected chi connectivity index (χ4v) is 4.79. The minimum absolute atomic E-state index is 0.109. The van der Waals surface area contributed by atoms with Crippen LogP contribution in [-0.2, 0) is 21.9 Å². The van der Waals surface area contributed by atoms with Crippen LogP contribution in [0.25, 0.3) is 0 Å². The van der Waals surface area contributed by atoms with Gasteiger partial charge in [0, 0.05) is 4.88 Å². The van der Waals surface area contributed by atoms with Crippen molar-refractivity contribution in [3.05, 3.63) is 46.3 Å². The fourth-order valence-electron chi connectivity index (χ4n) is 2.04. The van der Waals surface area contributed by atoms with Gasteiger partial charge in [0.25, 0.3) is 0 Å². The molecule has 0 fully saturated rings. The quantitative estimate of drug-likeness (QED) is 0.937. The molecule has 0 aliphatic heterocycles. The molecule has 2 aromatic rings. The molecule has 1 N–H and O–H groups in total. The van der Waals surface area contributed by atoms with E-state index in [9.17, 15) is 8.42 Å². The number of rotatable bonds is 3. The summed E-state index contributed by atoms with van der Waals surface area (Å²) in [6.07, 6.45) is 0. The Morgan fingerprint density at radius 1 is 1.14 bits per heavy atom. The lowest BCUT2D eigenvalue weighted by Crippen LogP contribution is -2.13. The smallest absolute Gasteiger partial charge is 0.215 e. The third-order valence-electron chi connectivity index (χ3n) is 3.28. The van der Waals surface area contributed by atoms with Gasteiger partial charge in [0.1, 0.15) is 4.21 Å². The molecule has 1 aromatic carbocycles. The summed E-state index contributed by atoms with van der Waals surface area (Å²) in [5.41, 5.74) is 1.82. The first-order valence-electron chi connectivity index (χ1n) is 6.71. The Morgan fingerprint density at radius 2 is 1.81 bits per heavy atom. The summed E-state index contributed by atoms with van der Waals surface area (Å²) in [5, 5.41) is 9.10. The van der Waals surface area contributed by atoms with Gasteiger partial charge in [-0.05, 0) is 47.7 Å². The fraction of sp³-hybridized carbons (Fsp3) is 0.375. The second-order valence-corrected chi connectivity index (χ2v) is 9.51. The molecular formula is C16H20O3S2. The van der Waals surface area contributed by atoms with Crippen molar-refractivity contribution >= 4 is 21.2 Å². The molecule has 114 valence electrons. The third kappa shape index (κ3) is 3.36. The lowest BCUT2D eigenvalue weighted by Gasteiger charge is -2.20. The number of aliphatic hydroxyl groups excluding tert-OH is 1. The molecule has 0 saturated heterocycles. The number of thiophene rings is 1. The predicted molar refractivity (Wildman–Crippen MR) is 85.6 cm³/mol. The molecule has 0 aliphatic carbocycles. The van der Waals surface area contributed by atoms with Gasteiger partial charge < -0.3 is 5.11 Å². The van der Waals surface area contributed by atoms with Crippen molar-refractivity contribution in [1.82, 2.24) is 0 Å². The minimum atomic E-state index is -3.53. The number of hydrogen-bond donors (Lipinski definition) is 1. The molecule has 0 amide bonds. The number of aliphatic hydroxyl groups is 1. The highest BCUT2D eigenvalue weighted by atomic mass is 32.2. The van der Waals surface area contributed by atoms with Gasteiger partial charge in [-0.25, -0.2) is 8.42 Å². The number of hydrogen-bond acceptors (Lipinski definition) is 4. The van der Waals surface area contributed by atoms with Crippen LogP contribution in [0.3, 0.4) is 0 Å². The molecule has 2 rings (SSSR count). The Labute approximate surface area is 130 Å². The van der Waals surface area contributed by atoms with Crippen LogP contribution in [0.15, 0.2) is 39.4 Å². The van der Waals surface area contributed by atoms with Gasteiger partial charge in [0.05, 0.1) is 11.5 Å². The van der Waals surface area contributed by atoms with Gasteiger partial charge in [-0.2, -0.15) is 0 Å². The van der Waals surface area contributed by atoms with Crippen molar-refractivity contribution in [1.29, 1.82) is 0 Å². The van der Waals surface area contributed by atoms with Crippen molar-refractivity contribution in [2.45, 2.75) is 48.8 Å². The van der Waals surface area contributed by atoms with Crippen molar-refractivity contribution in [2.24, 2.45) is 0 Å². The summed E-state index contributed by atoms with van der Waals surface area (Å²) in [7, 11) is -3.53. The van der Waals surface area contributed by atoms with E-state index in [-0.39, 0.29) is 16.2 Å². The molecule has 0 atom stereocenters. The van der Waals surface area contributed by atoms with E-state index in [0.717, 1.165) is 22.5 Å². The van der Waals surface area contributed by atoms with Crippen molar-refractivity contribution in [3.8, 4) is 0 Å². The maximum absolute atomic E-state index is 12.7. The van der Waals surface area contributed by atoms with Crippen LogP contribution in [0.1, 0.15) is 36.8 Å². The maximum Gasteiger partial charge on any atom is 0.215 e. The topological polar surface area (TPSA) is 54.4 Å². The second-order valence-electron chi connectivity index (χ2n) is 6.17. The van der Waals surface area contributed by atoms with Gasteiger partial charge in [0.15, 0.2) is 0 Å². The van der Waals surface area contributed by atoms with E-state index < -0.39 is 9.84 Å². The summed E-state index contributed by atoms with van der Waals surface area (Å²) in [5.74, 6) is 0. The minimum Gasteiger partial charge on any atom is -0.391 e. The first kappa shape index (κ1) is 16.2. The lowest BCUT2D eigenvalue weighted by molar-refractivity contribution is 0.285. The largest absolute Gasteiger partial charge is 0.391 e. The van der Waals surface area contributed by atoms with Crippen LogP contribution in [0.5, 0.6) is 0 Å². The number of sulfone groups is 1. The van der Waals surface area contributed by atoms with Gasteiger partial charge in [0.2, 0.25) is 9.84 Å². The van der Waals surface area contributed by atoms with E-state index >= 15 is 0 Å². The van der Waals surface area contributed by atoms with Crippen LogP contribution in [0.2, 0.25) is 0 Å². The second kappa shape index (κ2) is 5.55. The molecule has 1 heterocycles. The first-order chi connectivity index (χ1) is 9.64. The molecule has 3 nitrogen and oxygen atoms in total.